The van der Waals surface area contributed by atoms with Gasteiger partial charge in [-0.2, -0.15) is 0 Å². The standard InChI is InChI=1S/C20H24O2/c1-14-11-19(22-13-16-9-7-6-8-10-16)17(15(2)21)12-18(14)20(3,4)5/h6-12H,13H2,1-5H3. The normalized spacial score (nSPS) is 11.3. The number of hydrogen-bond donors (Lipinski definition) is 0. The van der Waals surface area contributed by atoms with E-state index in [9.17, 15) is 4.79 Å². The molecule has 0 spiro atoms. The van der Waals surface area contributed by atoms with Crippen LogP contribution in [0.25, 0.3) is 0 Å². The molecule has 0 aliphatic carbocycles. The summed E-state index contributed by atoms with van der Waals surface area (Å²) in [4.78, 5) is 12.0. The summed E-state index contributed by atoms with van der Waals surface area (Å²) in [5.41, 5.74) is 4.10. The van der Waals surface area contributed by atoms with Crippen LogP contribution in [-0.4, -0.2) is 5.78 Å². The molecule has 0 aromatic heterocycles. The van der Waals surface area contributed by atoms with Crippen LogP contribution in [0.3, 0.4) is 0 Å². The zero-order chi connectivity index (χ0) is 16.3. The molecule has 0 fully saturated rings. The van der Waals surface area contributed by atoms with Gasteiger partial charge in [0.1, 0.15) is 12.4 Å². The molecule has 0 amide bonds. The smallest absolute Gasteiger partial charge is 0.163 e. The van der Waals surface area contributed by atoms with Gasteiger partial charge in [-0.1, -0.05) is 51.1 Å². The number of rotatable bonds is 4. The van der Waals surface area contributed by atoms with Crippen LogP contribution in [0.4, 0.5) is 0 Å². The Kier molecular flexibility index (Phi) is 4.70. The summed E-state index contributed by atoms with van der Waals surface area (Å²) in [6.45, 7) is 10.6. The van der Waals surface area contributed by atoms with Gasteiger partial charge in [0, 0.05) is 0 Å². The van der Waals surface area contributed by atoms with Gasteiger partial charge in [0.25, 0.3) is 0 Å². The molecule has 2 aromatic rings. The highest BCUT2D eigenvalue weighted by Gasteiger charge is 2.20. The Morgan fingerprint density at radius 2 is 1.73 bits per heavy atom. The maximum Gasteiger partial charge on any atom is 0.163 e. The third-order valence-corrected chi connectivity index (χ3v) is 3.75. The zero-order valence-electron chi connectivity index (χ0n) is 14.1. The molecule has 2 nitrogen and oxygen atoms in total. The fourth-order valence-electron chi connectivity index (χ4n) is 2.62. The molecule has 0 aliphatic rings. The van der Waals surface area contributed by atoms with E-state index in [1.54, 1.807) is 6.92 Å². The van der Waals surface area contributed by atoms with Crippen molar-refractivity contribution in [1.29, 1.82) is 0 Å². The SMILES string of the molecule is CC(=O)c1cc(C(C)(C)C)c(C)cc1OCc1ccccc1. The summed E-state index contributed by atoms with van der Waals surface area (Å²) >= 11 is 0. The molecule has 0 unspecified atom stereocenters. The van der Waals surface area contributed by atoms with E-state index in [2.05, 4.69) is 27.7 Å². The van der Waals surface area contributed by atoms with Gasteiger partial charge >= 0.3 is 0 Å². The average molecular weight is 296 g/mol. The van der Waals surface area contributed by atoms with Crippen LogP contribution < -0.4 is 4.74 Å². The second kappa shape index (κ2) is 6.35. The number of aryl methyl sites for hydroxylation is 1. The predicted octanol–water partition coefficient (Wildman–Crippen LogP) is 5.07. The molecule has 0 aliphatic heterocycles. The summed E-state index contributed by atoms with van der Waals surface area (Å²) in [7, 11) is 0. The van der Waals surface area contributed by atoms with E-state index in [-0.39, 0.29) is 11.2 Å². The monoisotopic (exact) mass is 296 g/mol. The molecular formula is C20H24O2. The molecule has 0 bridgehead atoms. The number of Topliss-reactive ketones (excluding diaryl/α,β-unsaturated/α-hetero) is 1. The number of hydrogen-bond acceptors (Lipinski definition) is 2. The van der Waals surface area contributed by atoms with Crippen LogP contribution in [0.2, 0.25) is 0 Å². The Morgan fingerprint density at radius 3 is 2.27 bits per heavy atom. The van der Waals surface area contributed by atoms with E-state index in [0.717, 1.165) is 11.1 Å². The van der Waals surface area contributed by atoms with E-state index in [4.69, 9.17) is 4.74 Å². The lowest BCUT2D eigenvalue weighted by Crippen LogP contribution is -2.15. The first-order chi connectivity index (χ1) is 10.3. The van der Waals surface area contributed by atoms with Crippen molar-refractivity contribution in [2.45, 2.75) is 46.6 Å². The van der Waals surface area contributed by atoms with E-state index >= 15 is 0 Å². The molecular weight excluding hydrogens is 272 g/mol. The molecule has 0 heterocycles. The summed E-state index contributed by atoms with van der Waals surface area (Å²) in [5, 5.41) is 0. The minimum atomic E-state index is 0.00619. The predicted molar refractivity (Wildman–Crippen MR) is 90.7 cm³/mol. The summed E-state index contributed by atoms with van der Waals surface area (Å²) in [6.07, 6.45) is 0. The lowest BCUT2D eigenvalue weighted by molar-refractivity contribution is 0.101. The quantitative estimate of drug-likeness (QED) is 0.736. The zero-order valence-corrected chi connectivity index (χ0v) is 14.1. The van der Waals surface area contributed by atoms with Gasteiger partial charge in [0.15, 0.2) is 5.78 Å². The molecule has 2 rings (SSSR count). The maximum absolute atomic E-state index is 12.0. The molecule has 0 atom stereocenters. The van der Waals surface area contributed by atoms with Crippen molar-refractivity contribution in [2.75, 3.05) is 0 Å². The molecule has 0 saturated carbocycles. The molecule has 0 radical (unpaired) electrons. The molecule has 0 saturated heterocycles. The van der Waals surface area contributed by atoms with E-state index in [0.29, 0.717) is 17.9 Å². The van der Waals surface area contributed by atoms with Crippen molar-refractivity contribution in [2.24, 2.45) is 0 Å². The molecule has 22 heavy (non-hydrogen) atoms. The summed E-state index contributed by atoms with van der Waals surface area (Å²) < 4.78 is 5.91. The van der Waals surface area contributed by atoms with Crippen LogP contribution in [0.15, 0.2) is 42.5 Å². The Bertz CT molecular complexity index is 664. The first-order valence-electron chi connectivity index (χ1n) is 7.62. The van der Waals surface area contributed by atoms with Gasteiger partial charge in [-0.05, 0) is 48.1 Å². The van der Waals surface area contributed by atoms with Crippen LogP contribution in [0.1, 0.15) is 54.7 Å². The second-order valence-corrected chi connectivity index (χ2v) is 6.74. The molecule has 116 valence electrons. The molecule has 2 aromatic carbocycles. The van der Waals surface area contributed by atoms with Crippen LogP contribution in [-0.2, 0) is 12.0 Å². The third-order valence-electron chi connectivity index (χ3n) is 3.75. The number of benzene rings is 2. The van der Waals surface area contributed by atoms with E-state index < -0.39 is 0 Å². The Morgan fingerprint density at radius 1 is 1.09 bits per heavy atom. The number of ketones is 1. The Hall–Kier alpha value is -2.09. The van der Waals surface area contributed by atoms with Crippen LogP contribution >= 0.6 is 0 Å². The van der Waals surface area contributed by atoms with Gasteiger partial charge in [0.2, 0.25) is 0 Å². The van der Waals surface area contributed by atoms with Crippen molar-refractivity contribution in [1.82, 2.24) is 0 Å². The van der Waals surface area contributed by atoms with Gasteiger partial charge in [-0.15, -0.1) is 0 Å². The van der Waals surface area contributed by atoms with E-state index in [1.807, 2.05) is 42.5 Å². The van der Waals surface area contributed by atoms with E-state index in [1.165, 1.54) is 5.56 Å². The summed E-state index contributed by atoms with van der Waals surface area (Å²) in [6, 6.07) is 14.0. The van der Waals surface area contributed by atoms with Gasteiger partial charge in [0.05, 0.1) is 5.56 Å². The lowest BCUT2D eigenvalue weighted by atomic mass is 9.82. The highest BCUT2D eigenvalue weighted by Crippen LogP contribution is 2.32. The number of carbonyl (C=O) groups is 1. The van der Waals surface area contributed by atoms with Crippen molar-refractivity contribution in [3.8, 4) is 5.75 Å². The highest BCUT2D eigenvalue weighted by atomic mass is 16.5. The third kappa shape index (κ3) is 3.76. The Balaban J connectivity index is 2.34. The minimum Gasteiger partial charge on any atom is -0.488 e. The van der Waals surface area contributed by atoms with Gasteiger partial charge in [-0.25, -0.2) is 0 Å². The Labute approximate surface area is 133 Å². The maximum atomic E-state index is 12.0. The molecule has 0 N–H and O–H groups in total. The first-order valence-corrected chi connectivity index (χ1v) is 7.62. The fourth-order valence-corrected chi connectivity index (χ4v) is 2.62. The first kappa shape index (κ1) is 16.3. The minimum absolute atomic E-state index is 0.00619. The highest BCUT2D eigenvalue weighted by molar-refractivity contribution is 5.97. The van der Waals surface area contributed by atoms with Gasteiger partial charge < -0.3 is 4.74 Å². The topological polar surface area (TPSA) is 26.3 Å². The van der Waals surface area contributed by atoms with Crippen molar-refractivity contribution < 1.29 is 9.53 Å². The van der Waals surface area contributed by atoms with Crippen molar-refractivity contribution in [3.63, 3.8) is 0 Å². The fraction of sp³-hybridized carbons (Fsp3) is 0.350. The van der Waals surface area contributed by atoms with Crippen molar-refractivity contribution >= 4 is 5.78 Å². The largest absolute Gasteiger partial charge is 0.488 e. The van der Waals surface area contributed by atoms with Gasteiger partial charge in [-0.3, -0.25) is 4.79 Å². The average Bonchev–Trinajstić information content (AvgIpc) is 2.44. The molecule has 2 heteroatoms. The lowest BCUT2D eigenvalue weighted by Gasteiger charge is -2.23. The summed E-state index contributed by atoms with van der Waals surface area (Å²) in [5.74, 6) is 0.704. The van der Waals surface area contributed by atoms with Crippen LogP contribution in [0, 0.1) is 6.92 Å². The second-order valence-electron chi connectivity index (χ2n) is 6.74. The number of ether oxygens (including phenoxy) is 1. The number of carbonyl (C=O) groups excluding carboxylic acids is 1. The van der Waals surface area contributed by atoms with Crippen LogP contribution in [0.5, 0.6) is 5.75 Å². The van der Waals surface area contributed by atoms with Crippen molar-refractivity contribution in [3.05, 3.63) is 64.7 Å².